The van der Waals surface area contributed by atoms with E-state index in [1.54, 1.807) is 0 Å². The van der Waals surface area contributed by atoms with Crippen LogP contribution < -0.4 is 5.32 Å². The molecule has 1 N–H and O–H groups in total. The Morgan fingerprint density at radius 1 is 1.31 bits per heavy atom. The van der Waals surface area contributed by atoms with Crippen LogP contribution in [0.5, 0.6) is 0 Å². The molecule has 2 heteroatoms. The van der Waals surface area contributed by atoms with E-state index >= 15 is 0 Å². The molecule has 0 heterocycles. The summed E-state index contributed by atoms with van der Waals surface area (Å²) in [5, 5.41) is 3.65. The van der Waals surface area contributed by atoms with Crippen molar-refractivity contribution in [3.05, 3.63) is 34.3 Å². The third-order valence-corrected chi connectivity index (χ3v) is 4.28. The van der Waals surface area contributed by atoms with Gasteiger partial charge in [0.1, 0.15) is 0 Å². The molecule has 1 fully saturated rings. The molecule has 0 saturated heterocycles. The monoisotopic (exact) mass is 281 g/mol. The van der Waals surface area contributed by atoms with E-state index in [1.807, 2.05) is 0 Å². The molecule has 0 aromatic heterocycles. The molecular weight excluding hydrogens is 262 g/mol. The predicted octanol–water partition coefficient (Wildman–Crippen LogP) is 4.29. The quantitative estimate of drug-likeness (QED) is 0.868. The van der Waals surface area contributed by atoms with Crippen LogP contribution in [0.25, 0.3) is 0 Å². The molecule has 0 spiro atoms. The third kappa shape index (κ3) is 3.08. The maximum atomic E-state index is 3.65. The van der Waals surface area contributed by atoms with E-state index < -0.39 is 0 Å². The number of halogens is 1. The lowest BCUT2D eigenvalue weighted by atomic mass is 10.1. The van der Waals surface area contributed by atoms with Gasteiger partial charge in [-0.15, -0.1) is 0 Å². The Kier molecular flexibility index (Phi) is 4.42. The van der Waals surface area contributed by atoms with Crippen LogP contribution in [0.4, 0.5) is 0 Å². The second kappa shape index (κ2) is 5.83. The Labute approximate surface area is 107 Å². The van der Waals surface area contributed by atoms with E-state index in [-0.39, 0.29) is 0 Å². The summed E-state index contributed by atoms with van der Waals surface area (Å²) in [5.74, 6) is 0.907. The first-order valence-electron chi connectivity index (χ1n) is 6.25. The highest BCUT2D eigenvalue weighted by atomic mass is 79.9. The van der Waals surface area contributed by atoms with Crippen molar-refractivity contribution in [2.75, 3.05) is 6.54 Å². The third-order valence-electron chi connectivity index (χ3n) is 3.56. The molecule has 1 atom stereocenters. The van der Waals surface area contributed by atoms with Crippen LogP contribution in [0.3, 0.4) is 0 Å². The van der Waals surface area contributed by atoms with Crippen LogP contribution in [0.1, 0.15) is 44.2 Å². The van der Waals surface area contributed by atoms with Gasteiger partial charge in [0.25, 0.3) is 0 Å². The minimum absolute atomic E-state index is 0.441. The van der Waals surface area contributed by atoms with Gasteiger partial charge in [-0.2, -0.15) is 0 Å². The van der Waals surface area contributed by atoms with Gasteiger partial charge in [0.05, 0.1) is 0 Å². The first-order valence-corrected chi connectivity index (χ1v) is 7.04. The van der Waals surface area contributed by atoms with E-state index in [0.717, 1.165) is 5.92 Å². The fourth-order valence-electron chi connectivity index (χ4n) is 2.49. The minimum Gasteiger partial charge on any atom is -0.310 e. The lowest BCUT2D eigenvalue weighted by Gasteiger charge is -2.18. The van der Waals surface area contributed by atoms with Crippen LogP contribution in [0.2, 0.25) is 0 Å². The Morgan fingerprint density at radius 3 is 2.69 bits per heavy atom. The summed E-state index contributed by atoms with van der Waals surface area (Å²) in [6.45, 7) is 3.41. The molecular formula is C14H20BrN. The maximum Gasteiger partial charge on any atom is 0.0303 e. The Balaban J connectivity index is 1.87. The van der Waals surface area contributed by atoms with Crippen molar-refractivity contribution < 1.29 is 0 Å². The first-order chi connectivity index (χ1) is 7.77. The second-order valence-corrected chi connectivity index (χ2v) is 5.66. The highest BCUT2D eigenvalue weighted by molar-refractivity contribution is 9.10. The van der Waals surface area contributed by atoms with Crippen molar-refractivity contribution in [2.24, 2.45) is 5.92 Å². The zero-order valence-electron chi connectivity index (χ0n) is 9.88. The molecule has 1 nitrogen and oxygen atoms in total. The van der Waals surface area contributed by atoms with Gasteiger partial charge in [0.15, 0.2) is 0 Å². The predicted molar refractivity (Wildman–Crippen MR) is 72.5 cm³/mol. The van der Waals surface area contributed by atoms with E-state index in [2.05, 4.69) is 52.4 Å². The molecule has 0 bridgehead atoms. The van der Waals surface area contributed by atoms with Gasteiger partial charge in [-0.3, -0.25) is 0 Å². The van der Waals surface area contributed by atoms with Gasteiger partial charge in [-0.1, -0.05) is 47.0 Å². The summed E-state index contributed by atoms with van der Waals surface area (Å²) in [6.07, 6.45) is 5.68. The average Bonchev–Trinajstić information content (AvgIpc) is 2.79. The fourth-order valence-corrected chi connectivity index (χ4v) is 3.12. The van der Waals surface area contributed by atoms with Crippen molar-refractivity contribution in [1.82, 2.24) is 5.32 Å². The minimum atomic E-state index is 0.441. The molecule has 0 amide bonds. The first kappa shape index (κ1) is 12.1. The molecule has 0 unspecified atom stereocenters. The van der Waals surface area contributed by atoms with Gasteiger partial charge in [0, 0.05) is 10.5 Å². The van der Waals surface area contributed by atoms with Crippen LogP contribution in [0, 0.1) is 5.92 Å². The molecule has 1 aromatic carbocycles. The molecule has 1 saturated carbocycles. The molecule has 2 rings (SSSR count). The number of hydrogen-bond acceptors (Lipinski definition) is 1. The lowest BCUT2D eigenvalue weighted by Crippen LogP contribution is -2.24. The van der Waals surface area contributed by atoms with Crippen LogP contribution in [-0.2, 0) is 0 Å². The van der Waals surface area contributed by atoms with E-state index in [0.29, 0.717) is 6.04 Å². The van der Waals surface area contributed by atoms with Gasteiger partial charge in [-0.05, 0) is 43.9 Å². The highest BCUT2D eigenvalue weighted by Crippen LogP contribution is 2.26. The molecule has 0 radical (unpaired) electrons. The SMILES string of the molecule is C[C@H](NCC1CCCC1)c1ccccc1Br. The van der Waals surface area contributed by atoms with Crippen LogP contribution in [-0.4, -0.2) is 6.54 Å². The fraction of sp³-hybridized carbons (Fsp3) is 0.571. The topological polar surface area (TPSA) is 12.0 Å². The van der Waals surface area contributed by atoms with Crippen LogP contribution in [0.15, 0.2) is 28.7 Å². The van der Waals surface area contributed by atoms with Crippen molar-refractivity contribution in [1.29, 1.82) is 0 Å². The summed E-state index contributed by atoms with van der Waals surface area (Å²) in [7, 11) is 0. The molecule has 0 aliphatic heterocycles. The maximum absolute atomic E-state index is 3.65. The molecule has 1 aromatic rings. The van der Waals surface area contributed by atoms with E-state index in [4.69, 9.17) is 0 Å². The van der Waals surface area contributed by atoms with Crippen molar-refractivity contribution in [3.63, 3.8) is 0 Å². The number of benzene rings is 1. The van der Waals surface area contributed by atoms with Crippen molar-refractivity contribution in [3.8, 4) is 0 Å². The summed E-state index contributed by atoms with van der Waals surface area (Å²) >= 11 is 3.61. The normalized spacial score (nSPS) is 18.9. The second-order valence-electron chi connectivity index (χ2n) is 4.80. The summed E-state index contributed by atoms with van der Waals surface area (Å²) in [6, 6.07) is 8.92. The number of rotatable bonds is 4. The van der Waals surface area contributed by atoms with Gasteiger partial charge >= 0.3 is 0 Å². The smallest absolute Gasteiger partial charge is 0.0303 e. The molecule has 16 heavy (non-hydrogen) atoms. The Bertz CT molecular complexity index is 331. The average molecular weight is 282 g/mol. The molecule has 88 valence electrons. The summed E-state index contributed by atoms with van der Waals surface area (Å²) in [5.41, 5.74) is 1.36. The summed E-state index contributed by atoms with van der Waals surface area (Å²) in [4.78, 5) is 0. The van der Waals surface area contributed by atoms with Crippen molar-refractivity contribution in [2.45, 2.75) is 38.6 Å². The Hall–Kier alpha value is -0.340. The van der Waals surface area contributed by atoms with E-state index in [1.165, 1.54) is 42.3 Å². The lowest BCUT2D eigenvalue weighted by molar-refractivity contribution is 0.452. The van der Waals surface area contributed by atoms with Gasteiger partial charge in [0.2, 0.25) is 0 Å². The molecule has 1 aliphatic carbocycles. The summed E-state index contributed by atoms with van der Waals surface area (Å²) < 4.78 is 1.21. The largest absolute Gasteiger partial charge is 0.310 e. The van der Waals surface area contributed by atoms with Crippen molar-refractivity contribution >= 4 is 15.9 Å². The van der Waals surface area contributed by atoms with Crippen LogP contribution >= 0.6 is 15.9 Å². The van der Waals surface area contributed by atoms with Gasteiger partial charge < -0.3 is 5.32 Å². The Morgan fingerprint density at radius 2 is 2.00 bits per heavy atom. The number of hydrogen-bond donors (Lipinski definition) is 1. The zero-order chi connectivity index (χ0) is 11.4. The zero-order valence-corrected chi connectivity index (χ0v) is 11.5. The van der Waals surface area contributed by atoms with E-state index in [9.17, 15) is 0 Å². The number of nitrogens with one attached hydrogen (secondary N) is 1. The molecule has 1 aliphatic rings. The highest BCUT2D eigenvalue weighted by Gasteiger charge is 2.16. The van der Waals surface area contributed by atoms with Gasteiger partial charge in [-0.25, -0.2) is 0 Å². The standard InChI is InChI=1S/C14H20BrN/c1-11(13-8-4-5-9-14(13)15)16-10-12-6-2-3-7-12/h4-5,8-9,11-12,16H,2-3,6-7,10H2,1H3/t11-/m0/s1.